The second-order valence-electron chi connectivity index (χ2n) is 5.59. The van der Waals surface area contributed by atoms with Gasteiger partial charge in [0.25, 0.3) is 0 Å². The van der Waals surface area contributed by atoms with Crippen molar-refractivity contribution >= 4 is 22.8 Å². The summed E-state index contributed by atoms with van der Waals surface area (Å²) in [6.45, 7) is 1.84. The number of hydrogen-bond donors (Lipinski definition) is 3. The number of anilines is 1. The first-order valence-corrected chi connectivity index (χ1v) is 7.77. The second-order valence-corrected chi connectivity index (χ2v) is 5.59. The van der Waals surface area contributed by atoms with Crippen LogP contribution in [0.25, 0.3) is 11.0 Å². The molecule has 2 heterocycles. The number of carbonyl (C=O) groups excluding carboxylic acids is 1. The van der Waals surface area contributed by atoms with Gasteiger partial charge in [-0.15, -0.1) is 0 Å². The Balaban J connectivity index is 1.77. The van der Waals surface area contributed by atoms with Crippen LogP contribution in [0.15, 0.2) is 24.4 Å². The maximum Gasteiger partial charge on any atom is 0.324 e. The van der Waals surface area contributed by atoms with E-state index in [9.17, 15) is 13.6 Å². The Morgan fingerprint density at radius 3 is 2.92 bits per heavy atom. The molecule has 0 spiro atoms. The van der Waals surface area contributed by atoms with Gasteiger partial charge in [-0.25, -0.2) is 13.8 Å². The molecule has 10 heteroatoms. The molecule has 136 valence electrons. The van der Waals surface area contributed by atoms with E-state index >= 15 is 0 Å². The highest BCUT2D eigenvalue weighted by Gasteiger charge is 2.14. The van der Waals surface area contributed by atoms with Gasteiger partial charge in [0.05, 0.1) is 5.39 Å². The van der Waals surface area contributed by atoms with Crippen LogP contribution >= 0.6 is 0 Å². The van der Waals surface area contributed by atoms with Gasteiger partial charge in [-0.05, 0) is 19.1 Å². The summed E-state index contributed by atoms with van der Waals surface area (Å²) in [7, 11) is 1.57. The molecular weight excluding hydrogens is 346 g/mol. The molecule has 0 bridgehead atoms. The van der Waals surface area contributed by atoms with Crippen molar-refractivity contribution in [2.45, 2.75) is 19.4 Å². The molecule has 0 aliphatic rings. The first kappa shape index (κ1) is 17.5. The Bertz CT molecular complexity index is 946. The fraction of sp³-hybridized carbons (Fsp3) is 0.250. The third kappa shape index (κ3) is 3.85. The predicted octanol–water partition coefficient (Wildman–Crippen LogP) is 2.36. The summed E-state index contributed by atoms with van der Waals surface area (Å²) >= 11 is 0. The summed E-state index contributed by atoms with van der Waals surface area (Å²) in [5.41, 5.74) is 0.368. The molecule has 26 heavy (non-hydrogen) atoms. The Morgan fingerprint density at radius 2 is 2.19 bits per heavy atom. The van der Waals surface area contributed by atoms with E-state index in [0.29, 0.717) is 22.9 Å². The number of aromatic nitrogens is 4. The largest absolute Gasteiger partial charge is 0.421 e. The van der Waals surface area contributed by atoms with Gasteiger partial charge < -0.3 is 15.4 Å². The molecule has 0 radical (unpaired) electrons. The lowest BCUT2D eigenvalue weighted by Gasteiger charge is -2.12. The minimum Gasteiger partial charge on any atom is -0.421 e. The number of hydrogen-bond acceptors (Lipinski definition) is 6. The predicted molar refractivity (Wildman–Crippen MR) is 89.9 cm³/mol. The number of H-pyrrole nitrogens is 1. The number of rotatable bonds is 6. The SMILES string of the molecule is CNC(=O)CC(C)Nc1n[nH]c2nc(Oc3ccc(F)cc3F)ncc12. The lowest BCUT2D eigenvalue weighted by molar-refractivity contribution is -0.120. The normalized spacial score (nSPS) is 12.0. The Morgan fingerprint density at radius 1 is 1.38 bits per heavy atom. The average Bonchev–Trinajstić information content (AvgIpc) is 2.99. The molecule has 1 amide bonds. The number of ether oxygens (including phenoxy) is 1. The zero-order valence-electron chi connectivity index (χ0n) is 14.0. The monoisotopic (exact) mass is 362 g/mol. The van der Waals surface area contributed by atoms with Crippen molar-refractivity contribution in [3.05, 3.63) is 36.0 Å². The van der Waals surface area contributed by atoms with Gasteiger partial charge in [0.1, 0.15) is 5.82 Å². The number of nitrogens with one attached hydrogen (secondary N) is 3. The minimum atomic E-state index is -0.858. The van der Waals surface area contributed by atoms with Crippen molar-refractivity contribution in [2.24, 2.45) is 0 Å². The minimum absolute atomic E-state index is 0.0990. The average molecular weight is 362 g/mol. The van der Waals surface area contributed by atoms with Gasteiger partial charge in [-0.3, -0.25) is 9.89 Å². The summed E-state index contributed by atoms with van der Waals surface area (Å²) < 4.78 is 31.8. The maximum atomic E-state index is 13.6. The lowest BCUT2D eigenvalue weighted by atomic mass is 10.2. The number of nitrogens with zero attached hydrogens (tertiary/aromatic N) is 3. The van der Waals surface area contributed by atoms with Crippen LogP contribution in [0.4, 0.5) is 14.6 Å². The van der Waals surface area contributed by atoms with Crippen LogP contribution in [0, 0.1) is 11.6 Å². The highest BCUT2D eigenvalue weighted by molar-refractivity contribution is 5.86. The molecule has 8 nitrogen and oxygen atoms in total. The van der Waals surface area contributed by atoms with Crippen molar-refractivity contribution in [2.75, 3.05) is 12.4 Å². The van der Waals surface area contributed by atoms with Gasteiger partial charge >= 0.3 is 6.01 Å². The molecule has 2 aromatic heterocycles. The molecule has 0 fully saturated rings. The van der Waals surface area contributed by atoms with Crippen LogP contribution < -0.4 is 15.4 Å². The van der Waals surface area contributed by atoms with Crippen LogP contribution in [-0.4, -0.2) is 39.2 Å². The smallest absolute Gasteiger partial charge is 0.324 e. The van der Waals surface area contributed by atoms with Gasteiger partial charge in [0.2, 0.25) is 5.91 Å². The third-order valence-electron chi connectivity index (χ3n) is 3.54. The Hall–Kier alpha value is -3.30. The van der Waals surface area contributed by atoms with Crippen LogP contribution in [0.2, 0.25) is 0 Å². The molecule has 3 N–H and O–H groups in total. The number of amides is 1. The summed E-state index contributed by atoms with van der Waals surface area (Å²) in [5, 5.41) is 13.0. The van der Waals surface area contributed by atoms with E-state index in [1.54, 1.807) is 7.05 Å². The fourth-order valence-electron chi connectivity index (χ4n) is 2.27. The number of fused-ring (bicyclic) bond motifs is 1. The first-order chi connectivity index (χ1) is 12.5. The number of benzene rings is 1. The molecule has 0 saturated carbocycles. The highest BCUT2D eigenvalue weighted by Crippen LogP contribution is 2.25. The summed E-state index contributed by atoms with van der Waals surface area (Å²) in [4.78, 5) is 19.5. The fourth-order valence-corrected chi connectivity index (χ4v) is 2.27. The number of aromatic amines is 1. The van der Waals surface area contributed by atoms with Crippen molar-refractivity contribution in [3.8, 4) is 11.8 Å². The standard InChI is InChI=1S/C16H16F2N6O2/c1-8(5-13(25)19-2)21-14-10-7-20-16(22-15(10)24-23-14)26-12-4-3-9(17)6-11(12)18/h3-4,6-8H,5H2,1-2H3,(H,19,25)(H2,20,21,22,23,24). The molecular formula is C16H16F2N6O2. The first-order valence-electron chi connectivity index (χ1n) is 7.77. The van der Waals surface area contributed by atoms with E-state index in [1.165, 1.54) is 6.20 Å². The van der Waals surface area contributed by atoms with Crippen molar-refractivity contribution in [1.82, 2.24) is 25.5 Å². The van der Waals surface area contributed by atoms with Crippen LogP contribution in [0.3, 0.4) is 0 Å². The second kappa shape index (κ2) is 7.30. The van der Waals surface area contributed by atoms with E-state index in [-0.39, 0.29) is 30.1 Å². The van der Waals surface area contributed by atoms with Crippen LogP contribution in [0.1, 0.15) is 13.3 Å². The van der Waals surface area contributed by atoms with E-state index in [2.05, 4.69) is 30.8 Å². The van der Waals surface area contributed by atoms with Crippen LogP contribution in [-0.2, 0) is 4.79 Å². The van der Waals surface area contributed by atoms with E-state index in [4.69, 9.17) is 4.74 Å². The van der Waals surface area contributed by atoms with Gasteiger partial charge in [0, 0.05) is 31.8 Å². The van der Waals surface area contributed by atoms with Crippen molar-refractivity contribution < 1.29 is 18.3 Å². The molecule has 0 saturated heterocycles. The molecule has 0 aliphatic carbocycles. The molecule has 3 rings (SSSR count). The third-order valence-corrected chi connectivity index (χ3v) is 3.54. The van der Waals surface area contributed by atoms with E-state index in [1.807, 2.05) is 6.92 Å². The number of carbonyl (C=O) groups is 1. The molecule has 3 aromatic rings. The Kier molecular flexibility index (Phi) is 4.92. The zero-order chi connectivity index (χ0) is 18.7. The molecule has 1 aromatic carbocycles. The Labute approximate surface area is 147 Å². The quantitative estimate of drug-likeness (QED) is 0.622. The van der Waals surface area contributed by atoms with E-state index < -0.39 is 11.6 Å². The van der Waals surface area contributed by atoms with Gasteiger partial charge in [0.15, 0.2) is 23.0 Å². The van der Waals surface area contributed by atoms with E-state index in [0.717, 1.165) is 12.1 Å². The summed E-state index contributed by atoms with van der Waals surface area (Å²) in [5.74, 6) is -1.37. The van der Waals surface area contributed by atoms with Crippen molar-refractivity contribution in [1.29, 1.82) is 0 Å². The van der Waals surface area contributed by atoms with Crippen molar-refractivity contribution in [3.63, 3.8) is 0 Å². The van der Waals surface area contributed by atoms with Gasteiger partial charge in [-0.1, -0.05) is 0 Å². The number of halogens is 2. The summed E-state index contributed by atoms with van der Waals surface area (Å²) in [6, 6.07) is 2.66. The highest BCUT2D eigenvalue weighted by atomic mass is 19.1. The lowest BCUT2D eigenvalue weighted by Crippen LogP contribution is -2.26. The maximum absolute atomic E-state index is 13.6. The molecule has 1 atom stereocenters. The van der Waals surface area contributed by atoms with Crippen LogP contribution in [0.5, 0.6) is 11.8 Å². The van der Waals surface area contributed by atoms with Gasteiger partial charge in [-0.2, -0.15) is 10.1 Å². The summed E-state index contributed by atoms with van der Waals surface area (Å²) in [6.07, 6.45) is 1.73. The molecule has 1 unspecified atom stereocenters. The molecule has 0 aliphatic heterocycles. The zero-order valence-corrected chi connectivity index (χ0v) is 14.0. The topological polar surface area (TPSA) is 105 Å².